The number of rotatable bonds is 15. The second-order valence-electron chi connectivity index (χ2n) is 22.2. The predicted molar refractivity (Wildman–Crippen MR) is 272 cm³/mol. The number of ether oxygens (including phenoxy) is 7. The molecular formula is C54H83FN4O15. The smallest absolute Gasteiger partial charge is 0.477 e. The third kappa shape index (κ3) is 13.2. The van der Waals surface area contributed by atoms with Gasteiger partial charge in [0.25, 0.3) is 0 Å². The summed E-state index contributed by atoms with van der Waals surface area (Å²) >= 11 is 0. The number of aromatic nitrogens is 1. The predicted octanol–water partition coefficient (Wildman–Crippen LogP) is 6.25. The molecule has 0 bridgehead atoms. The molecule has 5 N–H and O–H groups in total. The highest BCUT2D eigenvalue weighted by Gasteiger charge is 2.58. The van der Waals surface area contributed by atoms with Crippen molar-refractivity contribution >= 4 is 40.7 Å². The number of carbonyl (C=O) groups excluding carboxylic acids is 3. The summed E-state index contributed by atoms with van der Waals surface area (Å²) in [5.74, 6) is -4.91. The molecule has 6 rings (SSSR count). The van der Waals surface area contributed by atoms with Crippen molar-refractivity contribution in [2.24, 2.45) is 29.6 Å². The van der Waals surface area contributed by atoms with Gasteiger partial charge in [0.1, 0.15) is 23.6 Å². The Morgan fingerprint density at radius 3 is 2.31 bits per heavy atom. The molecule has 1 aliphatic carbocycles. The van der Waals surface area contributed by atoms with E-state index in [9.17, 15) is 43.7 Å². The van der Waals surface area contributed by atoms with E-state index >= 15 is 0 Å². The van der Waals surface area contributed by atoms with Gasteiger partial charge in [-0.1, -0.05) is 34.6 Å². The van der Waals surface area contributed by atoms with Crippen molar-refractivity contribution in [3.8, 4) is 0 Å². The van der Waals surface area contributed by atoms with Crippen LogP contribution >= 0.6 is 0 Å². The first-order valence-corrected chi connectivity index (χ1v) is 26.7. The van der Waals surface area contributed by atoms with E-state index < -0.39 is 119 Å². The lowest BCUT2D eigenvalue weighted by Crippen LogP contribution is -2.57. The fraction of sp³-hybridized carbons (Fsp3) is 0.759. The summed E-state index contributed by atoms with van der Waals surface area (Å²) in [6, 6.07) is 2.25. The van der Waals surface area contributed by atoms with E-state index in [1.165, 1.54) is 16.7 Å². The van der Waals surface area contributed by atoms with Gasteiger partial charge in [0.15, 0.2) is 18.0 Å². The first kappa shape index (κ1) is 58.8. The van der Waals surface area contributed by atoms with Crippen LogP contribution in [0.1, 0.15) is 131 Å². The van der Waals surface area contributed by atoms with Crippen molar-refractivity contribution in [2.45, 2.75) is 200 Å². The van der Waals surface area contributed by atoms with Gasteiger partial charge in [-0.25, -0.2) is 14.0 Å². The molecule has 4 heterocycles. The molecule has 0 spiro atoms. The SMILES string of the molecule is CC[C@H]1OC(=O)C(C)[C@@H](O[C@H]2CC(C)[C@@H](OC(=O)CCNCCNc3ccc(F)c4c3c(=O)c(C(=O)O)cn4CC)C(C)O2)[C@H](C)[C@@H](O[C@@H]2C[C@H](C)CCC2O)C(C)(O)C[C@@H](C)CN(C)[C@H](C)C2OC(=O)O[C@@]21C. The average Bonchev–Trinajstić information content (AvgIpc) is 3.65. The van der Waals surface area contributed by atoms with E-state index in [0.29, 0.717) is 32.4 Å². The van der Waals surface area contributed by atoms with Crippen LogP contribution in [0, 0.1) is 35.4 Å². The topological polar surface area (TPSA) is 243 Å². The molecule has 4 aliphatic rings. The Hall–Kier alpha value is -4.44. The molecule has 3 aliphatic heterocycles. The van der Waals surface area contributed by atoms with Crippen LogP contribution in [0.15, 0.2) is 23.1 Å². The molecule has 74 heavy (non-hydrogen) atoms. The second-order valence-corrected chi connectivity index (χ2v) is 22.2. The largest absolute Gasteiger partial charge is 0.509 e. The number of benzene rings is 1. The summed E-state index contributed by atoms with van der Waals surface area (Å²) < 4.78 is 60.6. The molecule has 416 valence electrons. The Kier molecular flexibility index (Phi) is 19.6. The highest BCUT2D eigenvalue weighted by Crippen LogP contribution is 2.42. The van der Waals surface area contributed by atoms with Gasteiger partial charge in [-0.2, -0.15) is 0 Å². The fourth-order valence-electron chi connectivity index (χ4n) is 12.0. The number of carbonyl (C=O) groups is 4. The lowest BCUT2D eigenvalue weighted by Gasteiger charge is -2.46. The number of hydrogen-bond acceptors (Lipinski definition) is 17. The van der Waals surface area contributed by atoms with Gasteiger partial charge in [-0.05, 0) is 105 Å². The third-order valence-corrected chi connectivity index (χ3v) is 16.1. The number of aromatic carboxylic acids is 1. The van der Waals surface area contributed by atoms with E-state index in [1.54, 1.807) is 34.6 Å². The van der Waals surface area contributed by atoms with Gasteiger partial charge in [-0.15, -0.1) is 0 Å². The maximum absolute atomic E-state index is 14.9. The number of aliphatic hydroxyl groups is 2. The minimum absolute atomic E-state index is 0.00720. The zero-order valence-corrected chi connectivity index (χ0v) is 45.4. The molecular weight excluding hydrogens is 964 g/mol. The minimum atomic E-state index is -1.50. The molecule has 0 amide bonds. The molecule has 19 nitrogen and oxygen atoms in total. The van der Waals surface area contributed by atoms with Crippen LogP contribution in [0.3, 0.4) is 0 Å². The average molecular weight is 1050 g/mol. The number of hydrogen-bond donors (Lipinski definition) is 5. The number of nitrogens with one attached hydrogen (secondary N) is 2. The maximum atomic E-state index is 14.9. The summed E-state index contributed by atoms with van der Waals surface area (Å²) in [6.07, 6.45) is -3.96. The van der Waals surface area contributed by atoms with Gasteiger partial charge >= 0.3 is 24.1 Å². The van der Waals surface area contributed by atoms with Crippen LogP contribution in [0.2, 0.25) is 0 Å². The molecule has 1 aromatic heterocycles. The second kappa shape index (κ2) is 24.7. The van der Waals surface area contributed by atoms with E-state index in [-0.39, 0.29) is 79.3 Å². The van der Waals surface area contributed by atoms with Gasteiger partial charge in [0.05, 0.1) is 59.4 Å². The van der Waals surface area contributed by atoms with E-state index in [1.807, 2.05) is 41.7 Å². The number of carboxylic acids is 1. The summed E-state index contributed by atoms with van der Waals surface area (Å²) in [7, 11) is 1.92. The van der Waals surface area contributed by atoms with E-state index in [0.717, 1.165) is 12.6 Å². The molecule has 2 aromatic rings. The van der Waals surface area contributed by atoms with Crippen molar-refractivity contribution in [2.75, 3.05) is 38.5 Å². The van der Waals surface area contributed by atoms with Crippen molar-refractivity contribution < 1.29 is 72.0 Å². The van der Waals surface area contributed by atoms with Crippen molar-refractivity contribution in [3.63, 3.8) is 0 Å². The number of aliphatic hydroxyl groups excluding tert-OH is 1. The van der Waals surface area contributed by atoms with Crippen molar-refractivity contribution in [1.29, 1.82) is 0 Å². The summed E-state index contributed by atoms with van der Waals surface area (Å²) in [4.78, 5) is 67.8. The van der Waals surface area contributed by atoms with Crippen LogP contribution in [0.4, 0.5) is 14.9 Å². The molecule has 0 radical (unpaired) electrons. The molecule has 20 heteroatoms. The van der Waals surface area contributed by atoms with Gasteiger partial charge in [-0.3, -0.25) is 19.3 Å². The number of esters is 2. The Bertz CT molecular complexity index is 2340. The summed E-state index contributed by atoms with van der Waals surface area (Å²) in [5, 5.41) is 39.8. The van der Waals surface area contributed by atoms with Crippen LogP contribution in [-0.2, 0) is 49.3 Å². The number of likely N-dealkylation sites (N-methyl/N-ethyl adjacent to an activating group) is 1. The molecule has 6 unspecified atom stereocenters. The number of carboxylic acid groups (broad SMARTS) is 1. The Morgan fingerprint density at radius 1 is 0.932 bits per heavy atom. The van der Waals surface area contributed by atoms with Crippen molar-refractivity contribution in [1.82, 2.24) is 14.8 Å². The normalized spacial score (nSPS) is 36.7. The van der Waals surface area contributed by atoms with Crippen LogP contribution in [0.5, 0.6) is 0 Å². The lowest BCUT2D eigenvalue weighted by molar-refractivity contribution is -0.276. The number of cyclic esters (lactones) is 1. The van der Waals surface area contributed by atoms with Gasteiger partial charge in [0, 0.05) is 68.9 Å². The fourth-order valence-corrected chi connectivity index (χ4v) is 12.0. The Labute approximate surface area is 434 Å². The maximum Gasteiger partial charge on any atom is 0.509 e. The Balaban J connectivity index is 1.15. The highest BCUT2D eigenvalue weighted by atomic mass is 19.1. The van der Waals surface area contributed by atoms with E-state index in [2.05, 4.69) is 22.5 Å². The number of pyridine rings is 1. The number of halogens is 1. The zero-order chi connectivity index (χ0) is 54.6. The first-order valence-electron chi connectivity index (χ1n) is 26.7. The third-order valence-electron chi connectivity index (χ3n) is 16.1. The quantitative estimate of drug-likeness (QED) is 0.0752. The standard InChI is InChI=1S/C54H83FN4O15/c1-13-40-54(11)49(73-52(66)74-54)33(8)58(12)26-29(4)25-53(10,67)48(69-39-23-28(3)15-18-38(39)60)31(6)47(32(7)51(65)70-40)72-42-24-30(5)46(34(9)68-42)71-41(61)19-20-56-21-22-57-37-17-16-36(55)44-43(37)45(62)35(50(63)64)27-59(44)14-2/h16-17,27-34,38-40,42,46-49,56-57,60,67H,13-15,18-26H2,1-12H3,(H,63,64)/t28-,29-,30?,31+,32?,33-,34?,38?,39-,40-,42+,46-,47+,48-,49?,53?,54-/m1/s1. The number of nitrogens with zero attached hydrogens (tertiary/aromatic N) is 2. The Morgan fingerprint density at radius 2 is 1.65 bits per heavy atom. The number of aryl methyl sites for hydroxylation is 1. The molecule has 4 fully saturated rings. The van der Waals surface area contributed by atoms with Gasteiger partial charge in [0.2, 0.25) is 5.43 Å². The first-order chi connectivity index (χ1) is 34.8. The monoisotopic (exact) mass is 1050 g/mol. The molecule has 1 saturated carbocycles. The molecule has 1 aromatic carbocycles. The zero-order valence-electron chi connectivity index (χ0n) is 45.4. The molecule has 3 saturated heterocycles. The number of anilines is 1. The highest BCUT2D eigenvalue weighted by molar-refractivity contribution is 5.98. The lowest BCUT2D eigenvalue weighted by atomic mass is 9.77. The minimum Gasteiger partial charge on any atom is -0.477 e. The van der Waals surface area contributed by atoms with Crippen molar-refractivity contribution in [3.05, 3.63) is 39.9 Å². The van der Waals surface area contributed by atoms with E-state index in [4.69, 9.17) is 33.2 Å². The summed E-state index contributed by atoms with van der Waals surface area (Å²) in [5.41, 5.74) is -3.79. The van der Waals surface area contributed by atoms with Gasteiger partial charge < -0.3 is 63.7 Å². The summed E-state index contributed by atoms with van der Waals surface area (Å²) in [6.45, 7) is 22.0. The van der Waals surface area contributed by atoms with Crippen LogP contribution in [0.25, 0.3) is 10.9 Å². The van der Waals surface area contributed by atoms with Crippen LogP contribution < -0.4 is 16.1 Å². The van der Waals surface area contributed by atoms with Crippen LogP contribution in [-0.4, -0.2) is 154 Å². The number of fused-ring (bicyclic) bond motifs is 2. The molecule has 17 atom stereocenters.